The maximum Gasteiger partial charge on any atom is 0.256 e. The minimum Gasteiger partial charge on any atom is -0.385 e. The van der Waals surface area contributed by atoms with E-state index < -0.39 is 0 Å². The van der Waals surface area contributed by atoms with E-state index in [1.54, 1.807) is 13.2 Å². The van der Waals surface area contributed by atoms with Gasteiger partial charge in [-0.1, -0.05) is 42.0 Å². The molecule has 0 bridgehead atoms. The fourth-order valence-corrected chi connectivity index (χ4v) is 3.88. The van der Waals surface area contributed by atoms with Gasteiger partial charge in [-0.25, -0.2) is 0 Å². The summed E-state index contributed by atoms with van der Waals surface area (Å²) in [6.45, 7) is 3.17. The van der Waals surface area contributed by atoms with Gasteiger partial charge >= 0.3 is 0 Å². The number of amides is 2. The molecule has 1 aliphatic heterocycles. The van der Waals surface area contributed by atoms with Crippen molar-refractivity contribution in [1.29, 1.82) is 0 Å². The van der Waals surface area contributed by atoms with Crippen molar-refractivity contribution in [3.05, 3.63) is 95.1 Å². The summed E-state index contributed by atoms with van der Waals surface area (Å²) in [4.78, 5) is 27.6. The lowest BCUT2D eigenvalue weighted by Gasteiger charge is -2.27. The van der Waals surface area contributed by atoms with E-state index in [0.29, 0.717) is 24.3 Å². The summed E-state index contributed by atoms with van der Waals surface area (Å²) in [5, 5.41) is 6.38. The molecule has 0 saturated carbocycles. The van der Waals surface area contributed by atoms with Crippen molar-refractivity contribution in [2.45, 2.75) is 19.5 Å². The molecule has 0 aliphatic carbocycles. The fourth-order valence-electron chi connectivity index (χ4n) is 3.88. The number of methoxy groups -OCH3 is 1. The van der Waals surface area contributed by atoms with Crippen molar-refractivity contribution in [2.24, 2.45) is 0 Å². The molecule has 4 rings (SSSR count). The van der Waals surface area contributed by atoms with Crippen LogP contribution in [0.15, 0.2) is 72.8 Å². The molecule has 2 amide bonds. The van der Waals surface area contributed by atoms with E-state index >= 15 is 0 Å². The largest absolute Gasteiger partial charge is 0.385 e. The second kappa shape index (κ2) is 9.66. The first-order valence-electron chi connectivity index (χ1n) is 10.7. The van der Waals surface area contributed by atoms with Crippen LogP contribution < -0.4 is 10.6 Å². The second-order valence-corrected chi connectivity index (χ2v) is 7.88. The Morgan fingerprint density at radius 3 is 2.56 bits per heavy atom. The van der Waals surface area contributed by atoms with Gasteiger partial charge in [-0.2, -0.15) is 0 Å². The first-order valence-corrected chi connectivity index (χ1v) is 10.7. The zero-order valence-electron chi connectivity index (χ0n) is 18.3. The van der Waals surface area contributed by atoms with Gasteiger partial charge in [-0.05, 0) is 49.7 Å². The Hall–Kier alpha value is -3.64. The predicted molar refractivity (Wildman–Crippen MR) is 126 cm³/mol. The zero-order valence-corrected chi connectivity index (χ0v) is 18.3. The molecule has 0 fully saturated rings. The van der Waals surface area contributed by atoms with Gasteiger partial charge in [0.1, 0.15) is 6.17 Å². The zero-order chi connectivity index (χ0) is 22.5. The Labute approximate surface area is 188 Å². The molecule has 6 heteroatoms. The van der Waals surface area contributed by atoms with E-state index in [0.717, 1.165) is 28.9 Å². The average Bonchev–Trinajstić information content (AvgIpc) is 3.07. The SMILES string of the molecule is COCCCN1C(=O)c2ccccc2C1Nc1cccc(C(=O)Nc2ccc(C)cc2)c1. The number of hydrogen-bond donors (Lipinski definition) is 2. The summed E-state index contributed by atoms with van der Waals surface area (Å²) in [7, 11) is 1.66. The van der Waals surface area contributed by atoms with Gasteiger partial charge in [0, 0.05) is 48.3 Å². The van der Waals surface area contributed by atoms with Crippen molar-refractivity contribution in [3.63, 3.8) is 0 Å². The number of aryl methyl sites for hydroxylation is 1. The number of ether oxygens (including phenoxy) is 1. The molecule has 1 atom stereocenters. The van der Waals surface area contributed by atoms with Gasteiger partial charge < -0.3 is 20.3 Å². The third kappa shape index (κ3) is 4.65. The molecule has 6 nitrogen and oxygen atoms in total. The van der Waals surface area contributed by atoms with Crippen LogP contribution in [0.3, 0.4) is 0 Å². The normalized spacial score (nSPS) is 14.9. The summed E-state index contributed by atoms with van der Waals surface area (Å²) in [5.74, 6) is -0.181. The highest BCUT2D eigenvalue weighted by molar-refractivity contribution is 6.05. The molecule has 2 N–H and O–H groups in total. The first kappa shape index (κ1) is 21.6. The highest BCUT2D eigenvalue weighted by atomic mass is 16.5. The Kier molecular flexibility index (Phi) is 6.52. The lowest BCUT2D eigenvalue weighted by atomic mass is 10.1. The van der Waals surface area contributed by atoms with E-state index in [1.807, 2.05) is 78.6 Å². The van der Waals surface area contributed by atoms with Gasteiger partial charge in [0.2, 0.25) is 0 Å². The lowest BCUT2D eigenvalue weighted by Crippen LogP contribution is -2.33. The van der Waals surface area contributed by atoms with Crippen molar-refractivity contribution < 1.29 is 14.3 Å². The van der Waals surface area contributed by atoms with Crippen LogP contribution in [0.4, 0.5) is 11.4 Å². The van der Waals surface area contributed by atoms with Crippen molar-refractivity contribution in [2.75, 3.05) is 30.9 Å². The van der Waals surface area contributed by atoms with Gasteiger partial charge in [-0.3, -0.25) is 9.59 Å². The van der Waals surface area contributed by atoms with E-state index in [2.05, 4.69) is 10.6 Å². The quantitative estimate of drug-likeness (QED) is 0.502. The third-order valence-corrected chi connectivity index (χ3v) is 5.54. The maximum atomic E-state index is 13.0. The van der Waals surface area contributed by atoms with Crippen LogP contribution in [0.2, 0.25) is 0 Å². The number of fused-ring (bicyclic) bond motifs is 1. The summed E-state index contributed by atoms with van der Waals surface area (Å²) in [5.41, 5.74) is 4.83. The summed E-state index contributed by atoms with van der Waals surface area (Å²) >= 11 is 0. The fraction of sp³-hybridized carbons (Fsp3) is 0.231. The minimum absolute atomic E-state index is 0.00229. The molecule has 0 radical (unpaired) electrons. The van der Waals surface area contributed by atoms with Crippen LogP contribution in [0.1, 0.15) is 44.4 Å². The Bertz CT molecular complexity index is 1110. The molecule has 3 aromatic carbocycles. The number of benzene rings is 3. The molecule has 1 heterocycles. The van der Waals surface area contributed by atoms with E-state index in [4.69, 9.17) is 4.74 Å². The highest BCUT2D eigenvalue weighted by Gasteiger charge is 2.36. The smallest absolute Gasteiger partial charge is 0.256 e. The number of nitrogens with one attached hydrogen (secondary N) is 2. The third-order valence-electron chi connectivity index (χ3n) is 5.54. The second-order valence-electron chi connectivity index (χ2n) is 7.88. The number of rotatable bonds is 8. The van der Waals surface area contributed by atoms with Gasteiger partial charge in [-0.15, -0.1) is 0 Å². The van der Waals surface area contributed by atoms with Crippen molar-refractivity contribution >= 4 is 23.2 Å². The summed E-state index contributed by atoms with van der Waals surface area (Å²) < 4.78 is 5.16. The Morgan fingerprint density at radius 2 is 1.78 bits per heavy atom. The van der Waals surface area contributed by atoms with Gasteiger partial charge in [0.25, 0.3) is 11.8 Å². The maximum absolute atomic E-state index is 13.0. The van der Waals surface area contributed by atoms with Crippen molar-refractivity contribution in [1.82, 2.24) is 4.90 Å². The number of hydrogen-bond acceptors (Lipinski definition) is 4. The number of nitrogens with zero attached hydrogens (tertiary/aromatic N) is 1. The Morgan fingerprint density at radius 1 is 1.00 bits per heavy atom. The molecule has 1 unspecified atom stereocenters. The van der Waals surface area contributed by atoms with Crippen LogP contribution in [0, 0.1) is 6.92 Å². The highest BCUT2D eigenvalue weighted by Crippen LogP contribution is 2.34. The Balaban J connectivity index is 1.53. The van der Waals surface area contributed by atoms with Crippen LogP contribution >= 0.6 is 0 Å². The average molecular weight is 430 g/mol. The van der Waals surface area contributed by atoms with E-state index in [9.17, 15) is 9.59 Å². The molecule has 1 aliphatic rings. The van der Waals surface area contributed by atoms with Gasteiger partial charge in [0.15, 0.2) is 0 Å². The number of carbonyl (C=O) groups is 2. The number of anilines is 2. The van der Waals surface area contributed by atoms with Crippen LogP contribution in [0.5, 0.6) is 0 Å². The number of carbonyl (C=O) groups excluding carboxylic acids is 2. The molecule has 3 aromatic rings. The summed E-state index contributed by atoms with van der Waals surface area (Å²) in [6.07, 6.45) is 0.443. The van der Waals surface area contributed by atoms with Crippen LogP contribution in [-0.4, -0.2) is 37.0 Å². The van der Waals surface area contributed by atoms with Crippen LogP contribution in [0.25, 0.3) is 0 Å². The van der Waals surface area contributed by atoms with Gasteiger partial charge in [0.05, 0.1) is 0 Å². The molecule has 0 spiro atoms. The monoisotopic (exact) mass is 429 g/mol. The molecule has 0 saturated heterocycles. The standard InChI is InChI=1S/C26H27N3O3/c1-18-11-13-20(14-12-18)28-25(30)19-7-5-8-21(17-19)27-24-22-9-3-4-10-23(22)26(31)29(24)15-6-16-32-2/h3-5,7-14,17,24,27H,6,15-16H2,1-2H3,(H,28,30). The molecule has 164 valence electrons. The molecular formula is C26H27N3O3. The first-order chi connectivity index (χ1) is 15.6. The lowest BCUT2D eigenvalue weighted by molar-refractivity contribution is 0.0721. The van der Waals surface area contributed by atoms with Crippen molar-refractivity contribution in [3.8, 4) is 0 Å². The minimum atomic E-state index is -0.300. The van der Waals surface area contributed by atoms with Crippen LogP contribution in [-0.2, 0) is 4.74 Å². The topological polar surface area (TPSA) is 70.7 Å². The predicted octanol–water partition coefficient (Wildman–Crippen LogP) is 4.85. The summed E-state index contributed by atoms with van der Waals surface area (Å²) in [6, 6.07) is 22.6. The van der Waals surface area contributed by atoms with E-state index in [1.165, 1.54) is 0 Å². The van der Waals surface area contributed by atoms with E-state index in [-0.39, 0.29) is 18.0 Å². The molecule has 32 heavy (non-hydrogen) atoms. The molecular weight excluding hydrogens is 402 g/mol. The molecule has 0 aromatic heterocycles.